The van der Waals surface area contributed by atoms with E-state index in [9.17, 15) is 4.79 Å². The summed E-state index contributed by atoms with van der Waals surface area (Å²) < 4.78 is 1.83. The zero-order chi connectivity index (χ0) is 10.1. The summed E-state index contributed by atoms with van der Waals surface area (Å²) in [6.45, 7) is 1.96. The van der Waals surface area contributed by atoms with Gasteiger partial charge in [-0.05, 0) is 25.1 Å². The molecule has 2 aromatic rings. The quantitative estimate of drug-likeness (QED) is 0.706. The molecule has 2 heterocycles. The van der Waals surface area contributed by atoms with Crippen LogP contribution in [0.5, 0.6) is 0 Å². The van der Waals surface area contributed by atoms with Crippen LogP contribution in [0.3, 0.4) is 0 Å². The molecule has 0 aliphatic rings. The second-order valence-corrected chi connectivity index (χ2v) is 4.23. The monoisotopic (exact) mass is 206 g/mol. The molecule has 72 valence electrons. The molecular formula is C10H10N2OS. The summed E-state index contributed by atoms with van der Waals surface area (Å²) in [5.74, 6) is 0. The van der Waals surface area contributed by atoms with Crippen LogP contribution >= 0.6 is 11.3 Å². The van der Waals surface area contributed by atoms with E-state index in [1.54, 1.807) is 0 Å². The molecule has 0 radical (unpaired) electrons. The summed E-state index contributed by atoms with van der Waals surface area (Å²) in [5, 5.41) is 4.26. The molecule has 0 fully saturated rings. The molecule has 0 atom stereocenters. The number of aromatic nitrogens is 2. The predicted molar refractivity (Wildman–Crippen MR) is 56.6 cm³/mol. The van der Waals surface area contributed by atoms with Crippen molar-refractivity contribution < 1.29 is 4.79 Å². The second kappa shape index (κ2) is 3.38. The first kappa shape index (κ1) is 9.15. The van der Waals surface area contributed by atoms with Crippen LogP contribution < -0.4 is 0 Å². The summed E-state index contributed by atoms with van der Waals surface area (Å²) in [6, 6.07) is 5.79. The normalized spacial score (nSPS) is 10.4. The fourth-order valence-electron chi connectivity index (χ4n) is 1.40. The Kier molecular flexibility index (Phi) is 2.21. The van der Waals surface area contributed by atoms with Gasteiger partial charge < -0.3 is 0 Å². The van der Waals surface area contributed by atoms with Crippen molar-refractivity contribution in [2.75, 3.05) is 0 Å². The summed E-state index contributed by atoms with van der Waals surface area (Å²) >= 11 is 1.48. The Labute approximate surface area is 86.0 Å². The maximum absolute atomic E-state index is 10.5. The van der Waals surface area contributed by atoms with Gasteiger partial charge in [0, 0.05) is 7.05 Å². The van der Waals surface area contributed by atoms with Gasteiger partial charge >= 0.3 is 0 Å². The number of nitrogens with zero attached hydrogens (tertiary/aromatic N) is 2. The van der Waals surface area contributed by atoms with E-state index in [0.717, 1.165) is 27.4 Å². The van der Waals surface area contributed by atoms with Gasteiger partial charge in [-0.2, -0.15) is 5.10 Å². The highest BCUT2D eigenvalue weighted by atomic mass is 32.1. The van der Waals surface area contributed by atoms with Crippen LogP contribution in [-0.2, 0) is 7.05 Å². The molecule has 3 nitrogen and oxygen atoms in total. The highest BCUT2D eigenvalue weighted by Gasteiger charge is 2.07. The van der Waals surface area contributed by atoms with Crippen molar-refractivity contribution in [3.63, 3.8) is 0 Å². The van der Waals surface area contributed by atoms with Crippen LogP contribution in [0, 0.1) is 6.92 Å². The predicted octanol–water partition coefficient (Wildman–Crippen LogP) is 2.27. The first-order chi connectivity index (χ1) is 6.70. The van der Waals surface area contributed by atoms with Crippen LogP contribution in [0.2, 0.25) is 0 Å². The van der Waals surface area contributed by atoms with Crippen molar-refractivity contribution in [1.29, 1.82) is 0 Å². The molecule has 0 unspecified atom stereocenters. The molecule has 0 saturated carbocycles. The third kappa shape index (κ3) is 1.48. The van der Waals surface area contributed by atoms with E-state index in [1.165, 1.54) is 11.3 Å². The number of rotatable bonds is 2. The molecule has 0 aliphatic heterocycles. The lowest BCUT2D eigenvalue weighted by Gasteiger charge is -1.95. The van der Waals surface area contributed by atoms with E-state index in [4.69, 9.17) is 0 Å². The lowest BCUT2D eigenvalue weighted by Crippen LogP contribution is -1.91. The summed E-state index contributed by atoms with van der Waals surface area (Å²) in [6.07, 6.45) is 0.872. The zero-order valence-electron chi connectivity index (χ0n) is 8.02. The van der Waals surface area contributed by atoms with Crippen molar-refractivity contribution in [3.8, 4) is 10.6 Å². The molecule has 2 aromatic heterocycles. The molecule has 0 spiro atoms. The fourth-order valence-corrected chi connectivity index (χ4v) is 2.26. The van der Waals surface area contributed by atoms with Crippen molar-refractivity contribution in [3.05, 3.63) is 28.8 Å². The third-order valence-electron chi connectivity index (χ3n) is 2.00. The number of hydrogen-bond donors (Lipinski definition) is 0. The van der Waals surface area contributed by atoms with Gasteiger partial charge in [0.2, 0.25) is 0 Å². The van der Waals surface area contributed by atoms with Crippen LogP contribution in [0.1, 0.15) is 15.4 Å². The summed E-state index contributed by atoms with van der Waals surface area (Å²) in [4.78, 5) is 12.4. The molecule has 0 bridgehead atoms. The van der Waals surface area contributed by atoms with Crippen molar-refractivity contribution in [2.24, 2.45) is 7.05 Å². The van der Waals surface area contributed by atoms with Crippen molar-refractivity contribution >= 4 is 17.6 Å². The fraction of sp³-hybridized carbons (Fsp3) is 0.200. The van der Waals surface area contributed by atoms with Gasteiger partial charge in [0.1, 0.15) is 0 Å². The lowest BCUT2D eigenvalue weighted by atomic mass is 10.3. The van der Waals surface area contributed by atoms with Gasteiger partial charge in [0.05, 0.1) is 21.1 Å². The van der Waals surface area contributed by atoms with E-state index in [1.807, 2.05) is 36.9 Å². The van der Waals surface area contributed by atoms with E-state index in [-0.39, 0.29) is 0 Å². The molecule has 0 aromatic carbocycles. The Bertz CT molecular complexity index is 470. The minimum Gasteiger partial charge on any atom is -0.297 e. The topological polar surface area (TPSA) is 34.9 Å². The van der Waals surface area contributed by atoms with Gasteiger partial charge in [-0.25, -0.2) is 0 Å². The molecule has 0 N–H and O–H groups in total. The molecule has 4 heteroatoms. The standard InChI is InChI=1S/C10H10N2OS/c1-7-5-9(12(2)11-7)10-4-3-8(6-13)14-10/h3-6H,1-2H3. The third-order valence-corrected chi connectivity index (χ3v) is 3.03. The number of aryl methyl sites for hydroxylation is 2. The Hall–Kier alpha value is -1.42. The Balaban J connectivity index is 2.48. The van der Waals surface area contributed by atoms with E-state index < -0.39 is 0 Å². The number of aldehydes is 1. The number of hydrogen-bond acceptors (Lipinski definition) is 3. The second-order valence-electron chi connectivity index (χ2n) is 3.11. The molecule has 2 rings (SSSR count). The molecule has 14 heavy (non-hydrogen) atoms. The average Bonchev–Trinajstić information content (AvgIpc) is 2.71. The van der Waals surface area contributed by atoms with Crippen molar-refractivity contribution in [1.82, 2.24) is 9.78 Å². The molecule has 0 amide bonds. The molecule has 0 aliphatic carbocycles. The number of carbonyl (C=O) groups is 1. The maximum atomic E-state index is 10.5. The SMILES string of the molecule is Cc1cc(-c2ccc(C=O)s2)n(C)n1. The number of carbonyl (C=O) groups excluding carboxylic acids is 1. The highest BCUT2D eigenvalue weighted by Crippen LogP contribution is 2.27. The average molecular weight is 206 g/mol. The molecule has 0 saturated heterocycles. The zero-order valence-corrected chi connectivity index (χ0v) is 8.84. The Morgan fingerprint density at radius 1 is 1.50 bits per heavy atom. The minimum absolute atomic E-state index is 0.749. The lowest BCUT2D eigenvalue weighted by molar-refractivity contribution is 0.112. The summed E-state index contributed by atoms with van der Waals surface area (Å²) in [5.41, 5.74) is 2.05. The van der Waals surface area contributed by atoms with Gasteiger partial charge in [-0.1, -0.05) is 0 Å². The van der Waals surface area contributed by atoms with Gasteiger partial charge in [0.25, 0.3) is 0 Å². The van der Waals surface area contributed by atoms with Gasteiger partial charge in [-0.15, -0.1) is 11.3 Å². The van der Waals surface area contributed by atoms with Gasteiger partial charge in [-0.3, -0.25) is 9.48 Å². The van der Waals surface area contributed by atoms with Crippen LogP contribution in [0.25, 0.3) is 10.6 Å². The van der Waals surface area contributed by atoms with Gasteiger partial charge in [0.15, 0.2) is 6.29 Å². The Morgan fingerprint density at radius 2 is 2.29 bits per heavy atom. The van der Waals surface area contributed by atoms with E-state index in [0.29, 0.717) is 0 Å². The van der Waals surface area contributed by atoms with E-state index >= 15 is 0 Å². The van der Waals surface area contributed by atoms with Crippen LogP contribution in [0.15, 0.2) is 18.2 Å². The first-order valence-corrected chi connectivity index (χ1v) is 5.08. The minimum atomic E-state index is 0.749. The first-order valence-electron chi connectivity index (χ1n) is 4.27. The highest BCUT2D eigenvalue weighted by molar-refractivity contribution is 7.17. The van der Waals surface area contributed by atoms with E-state index in [2.05, 4.69) is 5.10 Å². The summed E-state index contributed by atoms with van der Waals surface area (Å²) in [7, 11) is 1.91. The smallest absolute Gasteiger partial charge is 0.160 e. The largest absolute Gasteiger partial charge is 0.297 e. The van der Waals surface area contributed by atoms with Crippen LogP contribution in [-0.4, -0.2) is 16.1 Å². The van der Waals surface area contributed by atoms with Crippen LogP contribution in [0.4, 0.5) is 0 Å². The Morgan fingerprint density at radius 3 is 2.79 bits per heavy atom. The maximum Gasteiger partial charge on any atom is 0.160 e. The van der Waals surface area contributed by atoms with Crippen molar-refractivity contribution in [2.45, 2.75) is 6.92 Å². The molecular weight excluding hydrogens is 196 g/mol. The number of thiophene rings is 1.